The van der Waals surface area contributed by atoms with Crippen molar-refractivity contribution in [2.45, 2.75) is 26.3 Å². The van der Waals surface area contributed by atoms with Crippen LogP contribution in [0.25, 0.3) is 0 Å². The fourth-order valence-electron chi connectivity index (χ4n) is 1.75. The lowest BCUT2D eigenvalue weighted by Crippen LogP contribution is -2.38. The molecule has 4 heteroatoms. The van der Waals surface area contributed by atoms with Crippen molar-refractivity contribution in [2.75, 3.05) is 33.7 Å². The summed E-state index contributed by atoms with van der Waals surface area (Å²) >= 11 is 0. The van der Waals surface area contributed by atoms with Gasteiger partial charge < -0.3 is 15.5 Å². The average molecular weight is 212 g/mol. The van der Waals surface area contributed by atoms with Gasteiger partial charge in [0.25, 0.3) is 0 Å². The molecule has 1 aliphatic rings. The molecule has 0 radical (unpaired) electrons. The van der Waals surface area contributed by atoms with Crippen LogP contribution in [0.15, 0.2) is 4.99 Å². The summed E-state index contributed by atoms with van der Waals surface area (Å²) in [6.07, 6.45) is 1.19. The largest absolute Gasteiger partial charge is 0.370 e. The van der Waals surface area contributed by atoms with Crippen LogP contribution < -0.4 is 5.73 Å². The molecule has 1 fully saturated rings. The van der Waals surface area contributed by atoms with Crippen LogP contribution in [0.2, 0.25) is 0 Å². The van der Waals surface area contributed by atoms with Crippen LogP contribution in [0.5, 0.6) is 0 Å². The fourth-order valence-corrected chi connectivity index (χ4v) is 1.75. The first-order valence-electron chi connectivity index (χ1n) is 5.72. The van der Waals surface area contributed by atoms with Crippen LogP contribution in [-0.4, -0.2) is 55.5 Å². The monoisotopic (exact) mass is 212 g/mol. The number of hydrogen-bond acceptors (Lipinski definition) is 2. The van der Waals surface area contributed by atoms with Gasteiger partial charge in [-0.1, -0.05) is 13.8 Å². The Bertz CT molecular complexity index is 223. The summed E-state index contributed by atoms with van der Waals surface area (Å²) in [7, 11) is 4.24. The van der Waals surface area contributed by atoms with Gasteiger partial charge in [-0.2, -0.15) is 0 Å². The van der Waals surface area contributed by atoms with Gasteiger partial charge in [0.1, 0.15) is 0 Å². The van der Waals surface area contributed by atoms with Gasteiger partial charge in [-0.15, -0.1) is 0 Å². The maximum absolute atomic E-state index is 5.95. The zero-order valence-electron chi connectivity index (χ0n) is 10.4. The molecule has 4 nitrogen and oxygen atoms in total. The Hall–Kier alpha value is -0.770. The van der Waals surface area contributed by atoms with Crippen molar-refractivity contribution in [3.63, 3.8) is 0 Å². The summed E-state index contributed by atoms with van der Waals surface area (Å²) in [4.78, 5) is 8.85. The summed E-state index contributed by atoms with van der Waals surface area (Å²) in [5.74, 6) is 1.30. The van der Waals surface area contributed by atoms with Crippen molar-refractivity contribution < 1.29 is 0 Å². The Morgan fingerprint density at radius 2 is 2.20 bits per heavy atom. The maximum Gasteiger partial charge on any atom is 0.191 e. The van der Waals surface area contributed by atoms with Gasteiger partial charge in [-0.05, 0) is 26.4 Å². The van der Waals surface area contributed by atoms with Gasteiger partial charge in [0.15, 0.2) is 5.96 Å². The molecule has 1 heterocycles. The predicted molar refractivity (Wildman–Crippen MR) is 65.0 cm³/mol. The molecule has 0 aromatic rings. The van der Waals surface area contributed by atoms with Gasteiger partial charge in [0.05, 0.1) is 0 Å². The molecule has 0 aromatic heterocycles. The van der Waals surface area contributed by atoms with E-state index in [1.807, 2.05) is 0 Å². The predicted octanol–water partition coefficient (Wildman–Crippen LogP) is 0.593. The molecule has 0 aliphatic carbocycles. The molecule has 1 rings (SSSR count). The highest BCUT2D eigenvalue weighted by Gasteiger charge is 2.24. The molecule has 0 saturated carbocycles. The van der Waals surface area contributed by atoms with E-state index in [4.69, 9.17) is 5.73 Å². The number of nitrogens with zero attached hydrogens (tertiary/aromatic N) is 3. The molecule has 0 bridgehead atoms. The van der Waals surface area contributed by atoms with Gasteiger partial charge in [-0.3, -0.25) is 4.99 Å². The number of likely N-dealkylation sites (N-methyl/N-ethyl adjacent to an activating group) is 1. The molecule has 1 aliphatic heterocycles. The first-order valence-corrected chi connectivity index (χ1v) is 5.72. The second-order valence-corrected chi connectivity index (χ2v) is 4.94. The molecular formula is C11H24N4. The number of aliphatic imine (C=N–C) groups is 1. The zero-order chi connectivity index (χ0) is 11.4. The lowest BCUT2D eigenvalue weighted by molar-refractivity contribution is 0.300. The van der Waals surface area contributed by atoms with Gasteiger partial charge in [0.2, 0.25) is 0 Å². The van der Waals surface area contributed by atoms with Crippen molar-refractivity contribution in [2.24, 2.45) is 16.6 Å². The Morgan fingerprint density at radius 1 is 1.53 bits per heavy atom. The van der Waals surface area contributed by atoms with Crippen LogP contribution in [0, 0.1) is 5.92 Å². The average Bonchev–Trinajstić information content (AvgIpc) is 2.62. The SMILES string of the molecule is CC(C)CN=C(N)N1CCC(N(C)C)C1. The highest BCUT2D eigenvalue weighted by molar-refractivity contribution is 5.78. The van der Waals surface area contributed by atoms with Crippen LogP contribution >= 0.6 is 0 Å². The Balaban J connectivity index is 2.42. The number of hydrogen-bond donors (Lipinski definition) is 1. The van der Waals surface area contributed by atoms with E-state index in [1.165, 1.54) is 6.42 Å². The topological polar surface area (TPSA) is 44.9 Å². The normalized spacial score (nSPS) is 23.2. The van der Waals surface area contributed by atoms with Crippen molar-refractivity contribution in [3.8, 4) is 0 Å². The molecule has 1 atom stereocenters. The van der Waals surface area contributed by atoms with Crippen LogP contribution in [-0.2, 0) is 0 Å². The molecule has 0 spiro atoms. The minimum atomic E-state index is 0.579. The van der Waals surface area contributed by atoms with Crippen LogP contribution in [0.3, 0.4) is 0 Å². The van der Waals surface area contributed by atoms with E-state index in [-0.39, 0.29) is 0 Å². The summed E-state index contributed by atoms with van der Waals surface area (Å²) < 4.78 is 0. The van der Waals surface area contributed by atoms with Gasteiger partial charge in [0, 0.05) is 25.7 Å². The van der Waals surface area contributed by atoms with E-state index in [2.05, 4.69) is 42.7 Å². The third kappa shape index (κ3) is 3.70. The van der Waals surface area contributed by atoms with Crippen molar-refractivity contribution in [3.05, 3.63) is 0 Å². The fraction of sp³-hybridized carbons (Fsp3) is 0.909. The summed E-state index contributed by atoms with van der Waals surface area (Å²) in [6, 6.07) is 0.623. The second kappa shape index (κ2) is 5.35. The van der Waals surface area contributed by atoms with E-state index in [0.29, 0.717) is 17.9 Å². The third-order valence-electron chi connectivity index (χ3n) is 2.84. The van der Waals surface area contributed by atoms with Crippen LogP contribution in [0.4, 0.5) is 0 Å². The minimum Gasteiger partial charge on any atom is -0.370 e. The zero-order valence-corrected chi connectivity index (χ0v) is 10.4. The first kappa shape index (κ1) is 12.3. The molecule has 88 valence electrons. The van der Waals surface area contributed by atoms with Crippen LogP contribution in [0.1, 0.15) is 20.3 Å². The van der Waals surface area contributed by atoms with E-state index in [9.17, 15) is 0 Å². The van der Waals surface area contributed by atoms with Crippen molar-refractivity contribution in [1.29, 1.82) is 0 Å². The Labute approximate surface area is 93.1 Å². The second-order valence-electron chi connectivity index (χ2n) is 4.94. The van der Waals surface area contributed by atoms with E-state index in [0.717, 1.165) is 19.6 Å². The maximum atomic E-state index is 5.95. The number of guanidine groups is 1. The Kier molecular flexibility index (Phi) is 4.39. The first-order chi connectivity index (χ1) is 7.00. The van der Waals surface area contributed by atoms with E-state index in [1.54, 1.807) is 0 Å². The molecule has 0 aromatic carbocycles. The van der Waals surface area contributed by atoms with E-state index < -0.39 is 0 Å². The van der Waals surface area contributed by atoms with Gasteiger partial charge in [-0.25, -0.2) is 0 Å². The van der Waals surface area contributed by atoms with Crippen molar-refractivity contribution in [1.82, 2.24) is 9.80 Å². The highest BCUT2D eigenvalue weighted by Crippen LogP contribution is 2.12. The summed E-state index contributed by atoms with van der Waals surface area (Å²) in [5.41, 5.74) is 5.95. The lowest BCUT2D eigenvalue weighted by Gasteiger charge is -2.21. The molecule has 1 unspecified atom stereocenters. The lowest BCUT2D eigenvalue weighted by atomic mass is 10.2. The number of likely N-dealkylation sites (tertiary alicyclic amines) is 1. The number of rotatable bonds is 3. The molecule has 2 N–H and O–H groups in total. The smallest absolute Gasteiger partial charge is 0.191 e. The van der Waals surface area contributed by atoms with Gasteiger partial charge >= 0.3 is 0 Å². The quantitative estimate of drug-likeness (QED) is 0.550. The molecule has 0 amide bonds. The summed E-state index contributed by atoms with van der Waals surface area (Å²) in [6.45, 7) is 7.19. The highest BCUT2D eigenvalue weighted by atomic mass is 15.3. The van der Waals surface area contributed by atoms with E-state index >= 15 is 0 Å². The Morgan fingerprint density at radius 3 is 2.67 bits per heavy atom. The molecule has 15 heavy (non-hydrogen) atoms. The standard InChI is InChI=1S/C11H24N4/c1-9(2)7-13-11(12)15-6-5-10(8-15)14(3)4/h9-10H,5-8H2,1-4H3,(H2,12,13). The van der Waals surface area contributed by atoms with Crippen molar-refractivity contribution >= 4 is 5.96 Å². The molecular weight excluding hydrogens is 188 g/mol. The summed E-state index contributed by atoms with van der Waals surface area (Å²) in [5, 5.41) is 0. The molecule has 1 saturated heterocycles. The third-order valence-corrected chi connectivity index (χ3v) is 2.84. The minimum absolute atomic E-state index is 0.579. The number of nitrogens with two attached hydrogens (primary N) is 1.